The summed E-state index contributed by atoms with van der Waals surface area (Å²) in [7, 11) is 0. The first-order chi connectivity index (χ1) is 10.6. The molecule has 1 aliphatic heterocycles. The van der Waals surface area contributed by atoms with Crippen LogP contribution in [0.3, 0.4) is 0 Å². The Bertz CT molecular complexity index is 806. The summed E-state index contributed by atoms with van der Waals surface area (Å²) in [6, 6.07) is 4.76. The number of pyridine rings is 2. The maximum absolute atomic E-state index is 12.4. The number of primary amides is 1. The lowest BCUT2D eigenvalue weighted by Crippen LogP contribution is -2.37. The van der Waals surface area contributed by atoms with Crippen LogP contribution in [-0.4, -0.2) is 39.4 Å². The predicted molar refractivity (Wildman–Crippen MR) is 80.3 cm³/mol. The molecule has 0 saturated carbocycles. The van der Waals surface area contributed by atoms with Crippen LogP contribution in [0.1, 0.15) is 23.2 Å². The highest BCUT2D eigenvalue weighted by Crippen LogP contribution is 2.13. The fourth-order valence-corrected chi connectivity index (χ4v) is 2.74. The smallest absolute Gasteiger partial charge is 0.264 e. The van der Waals surface area contributed by atoms with Crippen molar-refractivity contribution in [1.82, 2.24) is 14.5 Å². The Morgan fingerprint density at radius 2 is 2.00 bits per heavy atom. The molecule has 0 unspecified atom stereocenters. The van der Waals surface area contributed by atoms with Gasteiger partial charge in [0.05, 0.1) is 11.0 Å². The lowest BCUT2D eigenvalue weighted by atomic mass is 10.2. The van der Waals surface area contributed by atoms with Gasteiger partial charge in [-0.25, -0.2) is 0 Å². The van der Waals surface area contributed by atoms with Gasteiger partial charge in [0.25, 0.3) is 11.5 Å². The molecule has 0 aromatic carbocycles. The summed E-state index contributed by atoms with van der Waals surface area (Å²) in [6.45, 7) is 1.31. The molecule has 3 rings (SSSR count). The molecule has 1 aliphatic rings. The van der Waals surface area contributed by atoms with E-state index in [4.69, 9.17) is 5.73 Å². The number of fused-ring (bicyclic) bond motifs is 1. The van der Waals surface area contributed by atoms with E-state index in [1.165, 1.54) is 10.6 Å². The van der Waals surface area contributed by atoms with Gasteiger partial charge in [0, 0.05) is 19.3 Å². The van der Waals surface area contributed by atoms with Crippen LogP contribution < -0.4 is 11.3 Å². The fraction of sp³-hybridized carbons (Fsp3) is 0.333. The first-order valence-corrected chi connectivity index (χ1v) is 7.14. The normalized spacial score (nSPS) is 14.5. The summed E-state index contributed by atoms with van der Waals surface area (Å²) in [6.07, 6.45) is 3.51. The van der Waals surface area contributed by atoms with Gasteiger partial charge in [0.1, 0.15) is 12.1 Å². The third-order valence-corrected chi connectivity index (χ3v) is 3.88. The van der Waals surface area contributed by atoms with Crippen LogP contribution in [0.2, 0.25) is 0 Å². The van der Waals surface area contributed by atoms with E-state index in [1.807, 2.05) is 0 Å². The quantitative estimate of drug-likeness (QED) is 0.870. The van der Waals surface area contributed by atoms with Crippen molar-refractivity contribution in [2.75, 3.05) is 13.1 Å². The topological polar surface area (TPSA) is 98.3 Å². The van der Waals surface area contributed by atoms with E-state index in [2.05, 4.69) is 4.98 Å². The van der Waals surface area contributed by atoms with E-state index in [1.54, 1.807) is 23.2 Å². The molecule has 22 heavy (non-hydrogen) atoms. The number of hydrogen-bond donors (Lipinski definition) is 1. The molecular weight excluding hydrogens is 284 g/mol. The van der Waals surface area contributed by atoms with E-state index >= 15 is 0 Å². The molecule has 3 heterocycles. The molecule has 7 nitrogen and oxygen atoms in total. The van der Waals surface area contributed by atoms with Crippen molar-refractivity contribution < 1.29 is 9.59 Å². The average molecular weight is 300 g/mol. The largest absolute Gasteiger partial charge is 0.365 e. The summed E-state index contributed by atoms with van der Waals surface area (Å²) in [5, 5.41) is 0. The number of aromatic nitrogens is 2. The van der Waals surface area contributed by atoms with E-state index in [-0.39, 0.29) is 18.0 Å². The number of likely N-dealkylation sites (tertiary alicyclic amines) is 1. The molecule has 1 saturated heterocycles. The summed E-state index contributed by atoms with van der Waals surface area (Å²) in [5.41, 5.74) is 5.53. The summed E-state index contributed by atoms with van der Waals surface area (Å²) in [5.74, 6) is -0.953. The molecular formula is C15H16N4O3. The maximum atomic E-state index is 12.4. The Labute approximate surface area is 126 Å². The Kier molecular flexibility index (Phi) is 3.62. The number of rotatable bonds is 3. The van der Waals surface area contributed by atoms with E-state index in [9.17, 15) is 14.4 Å². The minimum absolute atomic E-state index is 0.109. The van der Waals surface area contributed by atoms with Crippen LogP contribution in [0.4, 0.5) is 0 Å². The number of nitrogens with zero attached hydrogens (tertiary/aromatic N) is 3. The minimum Gasteiger partial charge on any atom is -0.365 e. The second kappa shape index (κ2) is 5.59. The Morgan fingerprint density at radius 3 is 2.68 bits per heavy atom. The van der Waals surface area contributed by atoms with Gasteiger partial charge in [0.15, 0.2) is 0 Å². The molecule has 0 bridgehead atoms. The van der Waals surface area contributed by atoms with Gasteiger partial charge in [-0.3, -0.25) is 23.9 Å². The van der Waals surface area contributed by atoms with Crippen LogP contribution in [0, 0.1) is 0 Å². The van der Waals surface area contributed by atoms with Gasteiger partial charge in [-0.15, -0.1) is 0 Å². The summed E-state index contributed by atoms with van der Waals surface area (Å²) in [4.78, 5) is 42.1. The minimum atomic E-state index is -0.820. The third kappa shape index (κ3) is 2.45. The Morgan fingerprint density at radius 1 is 1.27 bits per heavy atom. The number of nitrogens with two attached hydrogens (primary N) is 1. The van der Waals surface area contributed by atoms with Crippen LogP contribution in [-0.2, 0) is 11.3 Å². The van der Waals surface area contributed by atoms with Gasteiger partial charge in [0.2, 0.25) is 5.91 Å². The van der Waals surface area contributed by atoms with Crippen molar-refractivity contribution in [1.29, 1.82) is 0 Å². The zero-order chi connectivity index (χ0) is 15.7. The highest BCUT2D eigenvalue weighted by atomic mass is 16.2. The standard InChI is InChI=1S/C15H16N4O3/c16-14(21)10-8-11-12(4-3-5-17-11)19(15(10)22)9-13(20)18-6-1-2-7-18/h3-5,8H,1-2,6-7,9H2,(H2,16,21). The number of amides is 2. The molecule has 7 heteroatoms. The van der Waals surface area contributed by atoms with Crippen molar-refractivity contribution in [3.8, 4) is 0 Å². The van der Waals surface area contributed by atoms with E-state index < -0.39 is 11.5 Å². The molecule has 2 aromatic heterocycles. The first kappa shape index (κ1) is 14.2. The Hall–Kier alpha value is -2.70. The molecule has 0 atom stereocenters. The zero-order valence-electron chi connectivity index (χ0n) is 12.0. The first-order valence-electron chi connectivity index (χ1n) is 7.14. The van der Waals surface area contributed by atoms with Gasteiger partial charge in [-0.2, -0.15) is 0 Å². The molecule has 114 valence electrons. The molecule has 0 spiro atoms. The van der Waals surface area contributed by atoms with Crippen molar-refractivity contribution in [3.63, 3.8) is 0 Å². The highest BCUT2D eigenvalue weighted by Gasteiger charge is 2.21. The van der Waals surface area contributed by atoms with Gasteiger partial charge >= 0.3 is 0 Å². The second-order valence-corrected chi connectivity index (χ2v) is 5.31. The zero-order valence-corrected chi connectivity index (χ0v) is 12.0. The molecule has 2 amide bonds. The maximum Gasteiger partial charge on any atom is 0.264 e. The third-order valence-electron chi connectivity index (χ3n) is 3.88. The molecule has 1 fully saturated rings. The summed E-state index contributed by atoms with van der Waals surface area (Å²) >= 11 is 0. The van der Waals surface area contributed by atoms with E-state index in [0.717, 1.165) is 12.8 Å². The van der Waals surface area contributed by atoms with E-state index in [0.29, 0.717) is 24.1 Å². The molecule has 2 N–H and O–H groups in total. The van der Waals surface area contributed by atoms with Gasteiger partial charge < -0.3 is 10.6 Å². The number of carbonyl (C=O) groups excluding carboxylic acids is 2. The van der Waals surface area contributed by atoms with Crippen molar-refractivity contribution in [2.24, 2.45) is 5.73 Å². The fourth-order valence-electron chi connectivity index (χ4n) is 2.74. The van der Waals surface area contributed by atoms with Crippen LogP contribution in [0.5, 0.6) is 0 Å². The molecule has 2 aromatic rings. The molecule has 0 radical (unpaired) electrons. The SMILES string of the molecule is NC(=O)c1cc2ncccc2n(CC(=O)N2CCCC2)c1=O. The lowest BCUT2D eigenvalue weighted by molar-refractivity contribution is -0.130. The van der Waals surface area contributed by atoms with Crippen LogP contribution in [0.25, 0.3) is 11.0 Å². The van der Waals surface area contributed by atoms with Crippen molar-refractivity contribution >= 4 is 22.8 Å². The lowest BCUT2D eigenvalue weighted by Gasteiger charge is -2.17. The van der Waals surface area contributed by atoms with Gasteiger partial charge in [-0.1, -0.05) is 0 Å². The molecule has 0 aliphatic carbocycles. The monoisotopic (exact) mass is 300 g/mol. The van der Waals surface area contributed by atoms with Crippen molar-refractivity contribution in [3.05, 3.63) is 40.3 Å². The highest BCUT2D eigenvalue weighted by molar-refractivity contribution is 5.95. The number of carbonyl (C=O) groups is 2. The second-order valence-electron chi connectivity index (χ2n) is 5.31. The number of hydrogen-bond acceptors (Lipinski definition) is 4. The van der Waals surface area contributed by atoms with Crippen molar-refractivity contribution in [2.45, 2.75) is 19.4 Å². The summed E-state index contributed by atoms with van der Waals surface area (Å²) < 4.78 is 1.28. The van der Waals surface area contributed by atoms with Crippen LogP contribution >= 0.6 is 0 Å². The van der Waals surface area contributed by atoms with Crippen LogP contribution in [0.15, 0.2) is 29.2 Å². The Balaban J connectivity index is 2.10. The van der Waals surface area contributed by atoms with Gasteiger partial charge in [-0.05, 0) is 31.0 Å². The average Bonchev–Trinajstić information content (AvgIpc) is 3.04. The predicted octanol–water partition coefficient (Wildman–Crippen LogP) is 0.118.